The summed E-state index contributed by atoms with van der Waals surface area (Å²) in [6.07, 6.45) is 0.773. The number of hydrogen-bond acceptors (Lipinski definition) is 3. The molecular formula is C22H18FN3O2. The maximum Gasteiger partial charge on any atom is 0.277 e. The van der Waals surface area contributed by atoms with E-state index in [1.165, 1.54) is 24.3 Å². The number of nitrogens with zero attached hydrogens (tertiary/aromatic N) is 2. The fourth-order valence-electron chi connectivity index (χ4n) is 3.43. The average molecular weight is 375 g/mol. The molecular weight excluding hydrogens is 357 g/mol. The van der Waals surface area contributed by atoms with E-state index >= 15 is 0 Å². The monoisotopic (exact) mass is 375 g/mol. The molecule has 0 bridgehead atoms. The normalized spacial score (nSPS) is 15.2. The number of rotatable bonds is 3. The zero-order valence-corrected chi connectivity index (χ0v) is 15.2. The van der Waals surface area contributed by atoms with Gasteiger partial charge in [-0.3, -0.25) is 9.59 Å². The van der Waals surface area contributed by atoms with Crippen LogP contribution in [0.25, 0.3) is 0 Å². The van der Waals surface area contributed by atoms with Crippen molar-refractivity contribution in [3.05, 3.63) is 89.5 Å². The van der Waals surface area contributed by atoms with E-state index in [2.05, 4.69) is 10.3 Å². The number of carbonyl (C=O) groups excluding carboxylic acids is 2. The Balaban J connectivity index is 1.60. The van der Waals surface area contributed by atoms with E-state index < -0.39 is 11.7 Å². The van der Waals surface area contributed by atoms with Crippen LogP contribution >= 0.6 is 0 Å². The number of nitrogens with one attached hydrogen (secondary N) is 1. The molecule has 1 aliphatic rings. The van der Waals surface area contributed by atoms with Crippen molar-refractivity contribution < 1.29 is 14.0 Å². The number of halogens is 1. The SMILES string of the molecule is CC1Cc2ccccc2N1C(=O)c1cccc(C(=O)Nc2ccccc2F)n1. The van der Waals surface area contributed by atoms with Gasteiger partial charge >= 0.3 is 0 Å². The Morgan fingerprint density at radius 1 is 1.00 bits per heavy atom. The molecule has 1 unspecified atom stereocenters. The van der Waals surface area contributed by atoms with Crippen LogP contribution in [0.4, 0.5) is 15.8 Å². The van der Waals surface area contributed by atoms with Crippen LogP contribution in [0.1, 0.15) is 33.5 Å². The molecule has 4 rings (SSSR count). The first-order chi connectivity index (χ1) is 13.5. The first-order valence-corrected chi connectivity index (χ1v) is 8.99. The lowest BCUT2D eigenvalue weighted by Gasteiger charge is -2.22. The first kappa shape index (κ1) is 17.9. The van der Waals surface area contributed by atoms with Gasteiger partial charge in [-0.05, 0) is 49.2 Å². The highest BCUT2D eigenvalue weighted by atomic mass is 19.1. The minimum atomic E-state index is -0.574. The van der Waals surface area contributed by atoms with Gasteiger partial charge in [-0.1, -0.05) is 36.4 Å². The molecule has 3 aromatic rings. The predicted molar refractivity (Wildman–Crippen MR) is 105 cm³/mol. The summed E-state index contributed by atoms with van der Waals surface area (Å²) < 4.78 is 13.8. The smallest absolute Gasteiger partial charge is 0.277 e. The minimum absolute atomic E-state index is 0.00240. The minimum Gasteiger partial charge on any atom is -0.318 e. The Kier molecular flexibility index (Phi) is 4.61. The summed E-state index contributed by atoms with van der Waals surface area (Å²) in [6, 6.07) is 18.3. The zero-order chi connectivity index (χ0) is 19.7. The van der Waals surface area contributed by atoms with E-state index in [4.69, 9.17) is 0 Å². The third-order valence-electron chi connectivity index (χ3n) is 4.75. The summed E-state index contributed by atoms with van der Waals surface area (Å²) in [7, 11) is 0. The highest BCUT2D eigenvalue weighted by Gasteiger charge is 2.32. The van der Waals surface area contributed by atoms with E-state index in [1.807, 2.05) is 31.2 Å². The van der Waals surface area contributed by atoms with E-state index in [0.29, 0.717) is 0 Å². The van der Waals surface area contributed by atoms with Crippen molar-refractivity contribution in [3.8, 4) is 0 Å². The Morgan fingerprint density at radius 2 is 1.71 bits per heavy atom. The highest BCUT2D eigenvalue weighted by molar-refractivity contribution is 6.08. The van der Waals surface area contributed by atoms with Crippen LogP contribution in [-0.2, 0) is 6.42 Å². The summed E-state index contributed by atoms with van der Waals surface area (Å²) in [6.45, 7) is 1.98. The van der Waals surface area contributed by atoms with Crippen LogP contribution < -0.4 is 10.2 Å². The average Bonchev–Trinajstić information content (AvgIpc) is 3.05. The quantitative estimate of drug-likeness (QED) is 0.751. The molecule has 2 aromatic carbocycles. The number of anilines is 2. The first-order valence-electron chi connectivity index (χ1n) is 8.99. The number of para-hydroxylation sites is 2. The van der Waals surface area contributed by atoms with Gasteiger partial charge in [0.1, 0.15) is 17.2 Å². The lowest BCUT2D eigenvalue weighted by atomic mass is 10.1. The van der Waals surface area contributed by atoms with Crippen molar-refractivity contribution in [2.45, 2.75) is 19.4 Å². The van der Waals surface area contributed by atoms with E-state index in [1.54, 1.807) is 23.1 Å². The number of pyridine rings is 1. The molecule has 0 fully saturated rings. The molecule has 0 spiro atoms. The molecule has 2 heterocycles. The highest BCUT2D eigenvalue weighted by Crippen LogP contribution is 2.32. The lowest BCUT2D eigenvalue weighted by molar-refractivity contribution is 0.0976. The van der Waals surface area contributed by atoms with Crippen LogP contribution in [0, 0.1) is 5.82 Å². The Hall–Kier alpha value is -3.54. The molecule has 1 aromatic heterocycles. The number of benzene rings is 2. The summed E-state index contributed by atoms with van der Waals surface area (Å²) in [5, 5.41) is 2.49. The summed E-state index contributed by atoms with van der Waals surface area (Å²) in [5.74, 6) is -1.38. The van der Waals surface area contributed by atoms with Gasteiger partial charge in [0.25, 0.3) is 11.8 Å². The standard InChI is InChI=1S/C22H18FN3O2/c1-14-13-15-7-2-5-12-20(15)26(14)22(28)19-11-6-10-18(24-19)21(27)25-17-9-4-3-8-16(17)23/h2-12,14H,13H2,1H3,(H,25,27). The third kappa shape index (κ3) is 3.24. The number of amides is 2. The van der Waals surface area contributed by atoms with Gasteiger partial charge in [0.15, 0.2) is 0 Å². The third-order valence-corrected chi connectivity index (χ3v) is 4.75. The molecule has 0 saturated carbocycles. The molecule has 5 nitrogen and oxygen atoms in total. The maximum absolute atomic E-state index is 13.8. The number of aromatic nitrogens is 1. The van der Waals surface area contributed by atoms with Crippen molar-refractivity contribution in [2.24, 2.45) is 0 Å². The van der Waals surface area contributed by atoms with Crippen molar-refractivity contribution >= 4 is 23.2 Å². The molecule has 1 aliphatic heterocycles. The molecule has 1 atom stereocenters. The maximum atomic E-state index is 13.8. The van der Waals surface area contributed by atoms with Crippen LogP contribution in [0.5, 0.6) is 0 Å². The second kappa shape index (κ2) is 7.23. The molecule has 140 valence electrons. The van der Waals surface area contributed by atoms with Crippen LogP contribution in [-0.4, -0.2) is 22.8 Å². The van der Waals surface area contributed by atoms with Crippen LogP contribution in [0.3, 0.4) is 0 Å². The molecule has 0 saturated heterocycles. The molecule has 1 N–H and O–H groups in total. The number of hydrogen-bond donors (Lipinski definition) is 1. The molecule has 0 radical (unpaired) electrons. The van der Waals surface area contributed by atoms with Gasteiger partial charge in [0, 0.05) is 11.7 Å². The van der Waals surface area contributed by atoms with Crippen LogP contribution in [0.2, 0.25) is 0 Å². The van der Waals surface area contributed by atoms with Crippen molar-refractivity contribution in [1.82, 2.24) is 4.98 Å². The second-order valence-electron chi connectivity index (χ2n) is 6.70. The van der Waals surface area contributed by atoms with Gasteiger partial charge in [-0.25, -0.2) is 9.37 Å². The zero-order valence-electron chi connectivity index (χ0n) is 15.2. The van der Waals surface area contributed by atoms with Crippen molar-refractivity contribution in [2.75, 3.05) is 10.2 Å². The summed E-state index contributed by atoms with van der Waals surface area (Å²) in [5.41, 5.74) is 2.26. The van der Waals surface area contributed by atoms with E-state index in [9.17, 15) is 14.0 Å². The Labute approximate surface area is 161 Å². The van der Waals surface area contributed by atoms with Gasteiger partial charge < -0.3 is 10.2 Å². The van der Waals surface area contributed by atoms with Gasteiger partial charge in [0.05, 0.1) is 5.69 Å². The summed E-state index contributed by atoms with van der Waals surface area (Å²) >= 11 is 0. The summed E-state index contributed by atoms with van der Waals surface area (Å²) in [4.78, 5) is 31.5. The van der Waals surface area contributed by atoms with Gasteiger partial charge in [-0.15, -0.1) is 0 Å². The van der Waals surface area contributed by atoms with E-state index in [0.717, 1.165) is 17.7 Å². The van der Waals surface area contributed by atoms with Gasteiger partial charge in [-0.2, -0.15) is 0 Å². The second-order valence-corrected chi connectivity index (χ2v) is 6.70. The topological polar surface area (TPSA) is 62.3 Å². The van der Waals surface area contributed by atoms with Crippen molar-refractivity contribution in [1.29, 1.82) is 0 Å². The Bertz CT molecular complexity index is 1070. The largest absolute Gasteiger partial charge is 0.318 e. The fraction of sp³-hybridized carbons (Fsp3) is 0.136. The lowest BCUT2D eigenvalue weighted by Crippen LogP contribution is -2.36. The van der Waals surface area contributed by atoms with Crippen LogP contribution in [0.15, 0.2) is 66.7 Å². The molecule has 2 amide bonds. The number of carbonyl (C=O) groups is 2. The fourth-order valence-corrected chi connectivity index (χ4v) is 3.43. The molecule has 28 heavy (non-hydrogen) atoms. The molecule has 6 heteroatoms. The predicted octanol–water partition coefficient (Wildman–Crippen LogP) is 4.06. The van der Waals surface area contributed by atoms with Gasteiger partial charge in [0.2, 0.25) is 0 Å². The van der Waals surface area contributed by atoms with Crippen molar-refractivity contribution in [3.63, 3.8) is 0 Å². The van der Waals surface area contributed by atoms with E-state index in [-0.39, 0.29) is 29.0 Å². The molecule has 0 aliphatic carbocycles. The number of fused-ring (bicyclic) bond motifs is 1. The Morgan fingerprint density at radius 3 is 2.54 bits per heavy atom.